The smallest absolute Gasteiger partial charge is 0.412 e. The molecular formula is C13H23ClN4O2. The summed E-state index contributed by atoms with van der Waals surface area (Å²) in [6.07, 6.45) is 0.524. The van der Waals surface area contributed by atoms with Crippen LogP contribution in [0.15, 0.2) is 10.7 Å². The van der Waals surface area contributed by atoms with Crippen molar-refractivity contribution in [3.05, 3.63) is 10.7 Å². The number of halogens is 1. The van der Waals surface area contributed by atoms with Crippen LogP contribution in [0.25, 0.3) is 0 Å². The van der Waals surface area contributed by atoms with Crippen LogP contribution in [0.4, 0.5) is 4.79 Å². The van der Waals surface area contributed by atoms with Crippen molar-refractivity contribution < 1.29 is 9.53 Å². The van der Waals surface area contributed by atoms with Gasteiger partial charge in [-0.05, 0) is 27.7 Å². The molecule has 0 radical (unpaired) electrons. The molecule has 1 rings (SSSR count). The highest BCUT2D eigenvalue weighted by molar-refractivity contribution is 6.31. The predicted octanol–water partition coefficient (Wildman–Crippen LogP) is 1.56. The highest BCUT2D eigenvalue weighted by Crippen LogP contribution is 2.13. The highest BCUT2D eigenvalue weighted by Gasteiger charge is 2.24. The molecule has 0 saturated carbocycles. The molecule has 0 aliphatic carbocycles. The number of hydrogen-bond donors (Lipinski definition) is 4. The lowest BCUT2D eigenvalue weighted by molar-refractivity contribution is 0.0549. The SMILES string of the molecule is CC1CNCC(/C(C=N)=C(\Cl)NC(=O)OC(C)(C)C)N1. The van der Waals surface area contributed by atoms with Crippen LogP contribution in [0.1, 0.15) is 27.7 Å². The summed E-state index contributed by atoms with van der Waals surface area (Å²) in [5.41, 5.74) is -0.0674. The third-order valence-corrected chi connectivity index (χ3v) is 2.99. The standard InChI is InChI=1S/C13H23ClN4O2/c1-8-6-16-7-10(17-8)9(5-15)11(14)18-12(19)20-13(2,3)4/h5,8,10,15-17H,6-7H2,1-4H3,(H,18,19)/b11-9+,15-5?. The van der Waals surface area contributed by atoms with Crippen LogP contribution in [0.3, 0.4) is 0 Å². The van der Waals surface area contributed by atoms with Gasteiger partial charge >= 0.3 is 6.09 Å². The van der Waals surface area contributed by atoms with Crippen LogP contribution in [0.5, 0.6) is 0 Å². The molecule has 1 fully saturated rings. The zero-order valence-electron chi connectivity index (χ0n) is 12.3. The van der Waals surface area contributed by atoms with Gasteiger partial charge in [0, 0.05) is 37.0 Å². The van der Waals surface area contributed by atoms with Gasteiger partial charge in [0.05, 0.1) is 0 Å². The molecule has 1 heterocycles. The van der Waals surface area contributed by atoms with E-state index >= 15 is 0 Å². The molecule has 1 saturated heterocycles. The second kappa shape index (κ2) is 7.06. The minimum Gasteiger partial charge on any atom is -0.444 e. The first-order valence-electron chi connectivity index (χ1n) is 6.60. The fraction of sp³-hybridized carbons (Fsp3) is 0.692. The lowest BCUT2D eigenvalue weighted by atomic mass is 10.1. The van der Waals surface area contributed by atoms with E-state index in [1.807, 2.05) is 6.92 Å². The van der Waals surface area contributed by atoms with Gasteiger partial charge in [0.25, 0.3) is 0 Å². The molecule has 4 N–H and O–H groups in total. The molecule has 20 heavy (non-hydrogen) atoms. The van der Waals surface area contributed by atoms with Gasteiger partial charge in [-0.3, -0.25) is 5.32 Å². The molecule has 7 heteroatoms. The number of piperazine rings is 1. The molecule has 6 nitrogen and oxygen atoms in total. The van der Waals surface area contributed by atoms with E-state index in [2.05, 4.69) is 16.0 Å². The van der Waals surface area contributed by atoms with Gasteiger partial charge in [0.1, 0.15) is 10.8 Å². The average molecular weight is 303 g/mol. The van der Waals surface area contributed by atoms with Crippen LogP contribution in [-0.4, -0.2) is 43.1 Å². The minimum absolute atomic E-state index is 0.112. The van der Waals surface area contributed by atoms with Crippen molar-refractivity contribution in [2.24, 2.45) is 0 Å². The summed E-state index contributed by atoms with van der Waals surface area (Å²) < 4.78 is 5.13. The first-order valence-corrected chi connectivity index (χ1v) is 6.97. The Morgan fingerprint density at radius 3 is 2.60 bits per heavy atom. The van der Waals surface area contributed by atoms with Crippen LogP contribution < -0.4 is 16.0 Å². The molecule has 0 bridgehead atoms. The highest BCUT2D eigenvalue weighted by atomic mass is 35.5. The molecule has 0 spiro atoms. The Bertz CT molecular complexity index is 404. The van der Waals surface area contributed by atoms with E-state index in [1.165, 1.54) is 0 Å². The average Bonchev–Trinajstić information content (AvgIpc) is 2.26. The summed E-state index contributed by atoms with van der Waals surface area (Å²) in [5.74, 6) is 0. The molecule has 1 aliphatic rings. The molecule has 0 aromatic rings. The monoisotopic (exact) mass is 302 g/mol. The summed E-state index contributed by atoms with van der Waals surface area (Å²) in [5, 5.41) is 16.6. The number of nitrogens with one attached hydrogen (secondary N) is 4. The predicted molar refractivity (Wildman–Crippen MR) is 80.3 cm³/mol. The number of carbonyl (C=O) groups is 1. The van der Waals surface area contributed by atoms with E-state index in [9.17, 15) is 4.79 Å². The molecular weight excluding hydrogens is 280 g/mol. The normalized spacial score (nSPS) is 24.6. The van der Waals surface area contributed by atoms with Crippen LogP contribution in [0, 0.1) is 5.41 Å². The first kappa shape index (κ1) is 16.9. The maximum absolute atomic E-state index is 11.7. The fourth-order valence-corrected chi connectivity index (χ4v) is 2.15. The maximum atomic E-state index is 11.7. The van der Waals surface area contributed by atoms with Crippen LogP contribution in [0.2, 0.25) is 0 Å². The van der Waals surface area contributed by atoms with E-state index in [-0.39, 0.29) is 17.2 Å². The van der Waals surface area contributed by atoms with E-state index in [1.54, 1.807) is 20.8 Å². The molecule has 0 aromatic heterocycles. The Kier molecular flexibility index (Phi) is 5.98. The van der Waals surface area contributed by atoms with Gasteiger partial charge in [-0.25, -0.2) is 4.79 Å². The van der Waals surface area contributed by atoms with E-state index in [0.717, 1.165) is 12.8 Å². The number of ether oxygens (including phenoxy) is 1. The van der Waals surface area contributed by atoms with Crippen molar-refractivity contribution >= 4 is 23.9 Å². The lowest BCUT2D eigenvalue weighted by Crippen LogP contribution is -2.54. The Morgan fingerprint density at radius 1 is 1.45 bits per heavy atom. The minimum atomic E-state index is -0.626. The second-order valence-corrected chi connectivity index (χ2v) is 6.20. The van der Waals surface area contributed by atoms with Crippen molar-refractivity contribution in [2.45, 2.75) is 45.4 Å². The van der Waals surface area contributed by atoms with Gasteiger partial charge in [-0.15, -0.1) is 0 Å². The van der Waals surface area contributed by atoms with Gasteiger partial charge < -0.3 is 20.8 Å². The van der Waals surface area contributed by atoms with Gasteiger partial charge in [-0.1, -0.05) is 11.6 Å². The summed E-state index contributed by atoms with van der Waals surface area (Å²) in [7, 11) is 0. The number of alkyl carbamates (subject to hydrolysis) is 1. The fourth-order valence-electron chi connectivity index (χ4n) is 1.89. The largest absolute Gasteiger partial charge is 0.444 e. The van der Waals surface area contributed by atoms with Crippen molar-refractivity contribution in [3.63, 3.8) is 0 Å². The van der Waals surface area contributed by atoms with E-state index < -0.39 is 11.7 Å². The third kappa shape index (κ3) is 5.48. The number of rotatable bonds is 3. The molecule has 114 valence electrons. The molecule has 1 aliphatic heterocycles. The van der Waals surface area contributed by atoms with E-state index in [0.29, 0.717) is 12.1 Å². The molecule has 0 aromatic carbocycles. The van der Waals surface area contributed by atoms with E-state index in [4.69, 9.17) is 21.7 Å². The first-order chi connectivity index (χ1) is 9.23. The summed E-state index contributed by atoms with van der Waals surface area (Å²) in [6, 6.07) is 0.161. The zero-order chi connectivity index (χ0) is 15.3. The maximum Gasteiger partial charge on any atom is 0.412 e. The molecule has 2 unspecified atom stereocenters. The summed E-state index contributed by atoms with van der Waals surface area (Å²) in [6.45, 7) is 8.87. The lowest BCUT2D eigenvalue weighted by Gasteiger charge is -2.30. The summed E-state index contributed by atoms with van der Waals surface area (Å²) in [4.78, 5) is 11.7. The third-order valence-electron chi connectivity index (χ3n) is 2.68. The number of carbonyl (C=O) groups excluding carboxylic acids is 1. The Morgan fingerprint density at radius 2 is 2.10 bits per heavy atom. The topological polar surface area (TPSA) is 86.2 Å². The Hall–Kier alpha value is -1.11. The van der Waals surface area contributed by atoms with Gasteiger partial charge in [0.2, 0.25) is 0 Å². The zero-order valence-corrected chi connectivity index (χ0v) is 13.1. The quantitative estimate of drug-likeness (QED) is 0.471. The van der Waals surface area contributed by atoms with Crippen molar-refractivity contribution in [3.8, 4) is 0 Å². The van der Waals surface area contributed by atoms with Crippen LogP contribution in [-0.2, 0) is 4.74 Å². The molecule has 2 atom stereocenters. The van der Waals surface area contributed by atoms with Crippen LogP contribution >= 0.6 is 11.6 Å². The number of hydrogen-bond acceptors (Lipinski definition) is 5. The van der Waals surface area contributed by atoms with Gasteiger partial charge in [0.15, 0.2) is 0 Å². The second-order valence-electron chi connectivity index (χ2n) is 5.82. The van der Waals surface area contributed by atoms with Gasteiger partial charge in [-0.2, -0.15) is 0 Å². The van der Waals surface area contributed by atoms with Crippen molar-refractivity contribution in [2.75, 3.05) is 13.1 Å². The Labute approximate surface area is 124 Å². The Balaban J connectivity index is 2.74. The summed E-state index contributed by atoms with van der Waals surface area (Å²) >= 11 is 6.10. The number of amides is 1. The van der Waals surface area contributed by atoms with Crippen molar-refractivity contribution in [1.82, 2.24) is 16.0 Å². The van der Waals surface area contributed by atoms with Crippen molar-refractivity contribution in [1.29, 1.82) is 5.41 Å². The molecule has 1 amide bonds.